The van der Waals surface area contributed by atoms with Crippen LogP contribution in [0.1, 0.15) is 18.0 Å². The summed E-state index contributed by atoms with van der Waals surface area (Å²) in [5, 5.41) is 17.4. The molecular formula is C23H24N4O6. The van der Waals surface area contributed by atoms with Crippen LogP contribution >= 0.6 is 0 Å². The minimum Gasteiger partial charge on any atom is -0.496 e. The van der Waals surface area contributed by atoms with Crippen molar-refractivity contribution < 1.29 is 28.6 Å². The average Bonchev–Trinajstić information content (AvgIpc) is 3.52. The molecule has 10 heteroatoms. The molecule has 2 atom stereocenters. The molecule has 1 saturated heterocycles. The van der Waals surface area contributed by atoms with E-state index in [0.717, 1.165) is 12.0 Å². The number of hydrogen-bond acceptors (Lipinski definition) is 6. The Bertz CT molecular complexity index is 1110. The van der Waals surface area contributed by atoms with Crippen molar-refractivity contribution >= 4 is 23.5 Å². The second-order valence-corrected chi connectivity index (χ2v) is 7.54. The SMILES string of the molecule is COc1cc(NC(=O)Nc2cccc([C@@H](NC(=O)O)C3CCOC3)c2)ccc1-c1cnco1. The number of nitrogens with zero attached hydrogens (tertiary/aromatic N) is 1. The Kier molecular flexibility index (Phi) is 6.75. The molecule has 1 aliphatic rings. The summed E-state index contributed by atoms with van der Waals surface area (Å²) in [7, 11) is 1.53. The number of oxazole rings is 1. The van der Waals surface area contributed by atoms with Gasteiger partial charge in [-0.05, 0) is 36.2 Å². The van der Waals surface area contributed by atoms with Crippen molar-refractivity contribution in [2.75, 3.05) is 31.0 Å². The first-order chi connectivity index (χ1) is 16.0. The number of aromatic nitrogens is 1. The van der Waals surface area contributed by atoms with Gasteiger partial charge in [0.1, 0.15) is 5.75 Å². The first-order valence-corrected chi connectivity index (χ1v) is 10.4. The highest BCUT2D eigenvalue weighted by molar-refractivity contribution is 6.00. The third kappa shape index (κ3) is 5.42. The third-order valence-corrected chi connectivity index (χ3v) is 5.38. The predicted molar refractivity (Wildman–Crippen MR) is 120 cm³/mol. The molecule has 10 nitrogen and oxygen atoms in total. The van der Waals surface area contributed by atoms with Gasteiger partial charge >= 0.3 is 12.1 Å². The quantitative estimate of drug-likeness (QED) is 0.419. The summed E-state index contributed by atoms with van der Waals surface area (Å²) in [6.07, 6.45) is 2.56. The molecule has 1 unspecified atom stereocenters. The molecule has 3 aromatic rings. The Hall–Kier alpha value is -4.05. The van der Waals surface area contributed by atoms with Crippen LogP contribution in [0.25, 0.3) is 11.3 Å². The van der Waals surface area contributed by atoms with Gasteiger partial charge in [-0.25, -0.2) is 14.6 Å². The van der Waals surface area contributed by atoms with Crippen LogP contribution in [0.4, 0.5) is 21.0 Å². The largest absolute Gasteiger partial charge is 0.496 e. The van der Waals surface area contributed by atoms with Crippen molar-refractivity contribution in [1.29, 1.82) is 0 Å². The topological polar surface area (TPSA) is 135 Å². The van der Waals surface area contributed by atoms with Crippen LogP contribution in [0.5, 0.6) is 5.75 Å². The summed E-state index contributed by atoms with van der Waals surface area (Å²) in [5.41, 5.74) is 2.52. The smallest absolute Gasteiger partial charge is 0.405 e. The van der Waals surface area contributed by atoms with E-state index < -0.39 is 18.2 Å². The van der Waals surface area contributed by atoms with Gasteiger partial charge in [0, 0.05) is 30.0 Å². The summed E-state index contributed by atoms with van der Waals surface area (Å²) >= 11 is 0. The van der Waals surface area contributed by atoms with Crippen molar-refractivity contribution in [2.24, 2.45) is 5.92 Å². The average molecular weight is 452 g/mol. The van der Waals surface area contributed by atoms with Crippen LogP contribution in [0.2, 0.25) is 0 Å². The number of amides is 3. The van der Waals surface area contributed by atoms with Gasteiger partial charge in [-0.2, -0.15) is 0 Å². The van der Waals surface area contributed by atoms with Crippen LogP contribution in [0.15, 0.2) is 59.5 Å². The van der Waals surface area contributed by atoms with Crippen molar-refractivity contribution in [3.63, 3.8) is 0 Å². The summed E-state index contributed by atoms with van der Waals surface area (Å²) in [6.45, 7) is 1.08. The van der Waals surface area contributed by atoms with Crippen molar-refractivity contribution in [1.82, 2.24) is 10.3 Å². The molecule has 4 N–H and O–H groups in total. The number of carbonyl (C=O) groups is 2. The lowest BCUT2D eigenvalue weighted by atomic mass is 9.92. The van der Waals surface area contributed by atoms with E-state index >= 15 is 0 Å². The highest BCUT2D eigenvalue weighted by atomic mass is 16.5. The number of benzene rings is 2. The summed E-state index contributed by atoms with van der Waals surface area (Å²) in [4.78, 5) is 27.8. The summed E-state index contributed by atoms with van der Waals surface area (Å²) in [5.74, 6) is 1.10. The lowest BCUT2D eigenvalue weighted by Crippen LogP contribution is -2.32. The fourth-order valence-electron chi connectivity index (χ4n) is 3.85. The molecular weight excluding hydrogens is 428 g/mol. The van der Waals surface area contributed by atoms with Crippen molar-refractivity contribution in [3.05, 3.63) is 60.6 Å². The van der Waals surface area contributed by atoms with E-state index in [-0.39, 0.29) is 5.92 Å². The maximum Gasteiger partial charge on any atom is 0.405 e. The Labute approximate surface area is 189 Å². The number of nitrogens with one attached hydrogen (secondary N) is 3. The number of urea groups is 1. The molecule has 3 amide bonds. The van der Waals surface area contributed by atoms with Gasteiger partial charge in [0.05, 0.1) is 31.5 Å². The fourth-order valence-corrected chi connectivity index (χ4v) is 3.85. The van der Waals surface area contributed by atoms with Crippen LogP contribution < -0.4 is 20.7 Å². The van der Waals surface area contributed by atoms with E-state index in [2.05, 4.69) is 20.9 Å². The molecule has 0 saturated carbocycles. The van der Waals surface area contributed by atoms with Crippen LogP contribution in [0.3, 0.4) is 0 Å². The minimum absolute atomic E-state index is 0.0283. The number of methoxy groups -OCH3 is 1. The zero-order chi connectivity index (χ0) is 23.2. The number of ether oxygens (including phenoxy) is 2. The van der Waals surface area contributed by atoms with Gasteiger partial charge in [0.25, 0.3) is 0 Å². The van der Waals surface area contributed by atoms with Crippen LogP contribution in [-0.2, 0) is 4.74 Å². The van der Waals surface area contributed by atoms with E-state index in [1.807, 2.05) is 6.07 Å². The normalized spacial score (nSPS) is 16.1. The van der Waals surface area contributed by atoms with E-state index in [9.17, 15) is 14.7 Å². The molecule has 1 fully saturated rings. The van der Waals surface area contributed by atoms with E-state index in [0.29, 0.717) is 41.7 Å². The number of rotatable bonds is 7. The molecule has 4 rings (SSSR count). The van der Waals surface area contributed by atoms with Gasteiger partial charge in [-0.1, -0.05) is 12.1 Å². The van der Waals surface area contributed by atoms with Crippen molar-refractivity contribution in [2.45, 2.75) is 12.5 Å². The molecule has 2 heterocycles. The van der Waals surface area contributed by atoms with Gasteiger partial charge in [0.15, 0.2) is 12.2 Å². The van der Waals surface area contributed by atoms with E-state index in [1.165, 1.54) is 13.5 Å². The van der Waals surface area contributed by atoms with Gasteiger partial charge in [-0.15, -0.1) is 0 Å². The second-order valence-electron chi connectivity index (χ2n) is 7.54. The highest BCUT2D eigenvalue weighted by Crippen LogP contribution is 2.33. The monoisotopic (exact) mass is 452 g/mol. The Morgan fingerprint density at radius 3 is 2.67 bits per heavy atom. The standard InChI is InChI=1S/C23H24N4O6/c1-31-19-10-17(5-6-18(19)20-11-24-13-33-20)26-22(28)25-16-4-2-3-14(9-16)21(27-23(29)30)15-7-8-32-12-15/h2-6,9-11,13,15,21,27H,7-8,12H2,1H3,(H,29,30)(H2,25,26,28)/t15?,21-/m1/s1. The first kappa shape index (κ1) is 22.2. The molecule has 0 aliphatic carbocycles. The molecule has 2 aromatic carbocycles. The van der Waals surface area contributed by atoms with E-state index in [4.69, 9.17) is 13.9 Å². The summed E-state index contributed by atoms with van der Waals surface area (Å²) in [6, 6.07) is 11.4. The second kappa shape index (κ2) is 10.0. The molecule has 33 heavy (non-hydrogen) atoms. The fraction of sp³-hybridized carbons (Fsp3) is 0.261. The predicted octanol–water partition coefficient (Wildman–Crippen LogP) is 4.34. The molecule has 0 radical (unpaired) electrons. The van der Waals surface area contributed by atoms with Gasteiger partial charge in [-0.3, -0.25) is 0 Å². The van der Waals surface area contributed by atoms with Crippen LogP contribution in [0, 0.1) is 5.92 Å². The lowest BCUT2D eigenvalue weighted by Gasteiger charge is -2.23. The number of carboxylic acid groups (broad SMARTS) is 1. The van der Waals surface area contributed by atoms with Crippen LogP contribution in [-0.4, -0.2) is 42.5 Å². The molecule has 1 aromatic heterocycles. The minimum atomic E-state index is -1.11. The molecule has 0 bridgehead atoms. The van der Waals surface area contributed by atoms with Gasteiger partial charge < -0.3 is 34.9 Å². The van der Waals surface area contributed by atoms with Crippen molar-refractivity contribution in [3.8, 4) is 17.1 Å². The Morgan fingerprint density at radius 1 is 1.18 bits per heavy atom. The first-order valence-electron chi connectivity index (χ1n) is 10.4. The summed E-state index contributed by atoms with van der Waals surface area (Å²) < 4.78 is 16.1. The zero-order valence-electron chi connectivity index (χ0n) is 17.9. The maximum atomic E-state index is 12.6. The van der Waals surface area contributed by atoms with E-state index in [1.54, 1.807) is 42.6 Å². The molecule has 0 spiro atoms. The number of hydrogen-bond donors (Lipinski definition) is 4. The number of anilines is 2. The zero-order valence-corrected chi connectivity index (χ0v) is 17.9. The Balaban J connectivity index is 1.46. The van der Waals surface area contributed by atoms with Gasteiger partial charge in [0.2, 0.25) is 0 Å². The highest BCUT2D eigenvalue weighted by Gasteiger charge is 2.28. The molecule has 172 valence electrons. The Morgan fingerprint density at radius 2 is 2.00 bits per heavy atom. The molecule has 1 aliphatic heterocycles. The number of carbonyl (C=O) groups excluding carboxylic acids is 1. The third-order valence-electron chi connectivity index (χ3n) is 5.38. The lowest BCUT2D eigenvalue weighted by molar-refractivity contribution is 0.166. The maximum absolute atomic E-state index is 12.6.